The van der Waals surface area contributed by atoms with Gasteiger partial charge in [0.1, 0.15) is 5.60 Å². The van der Waals surface area contributed by atoms with Gasteiger partial charge in [0.15, 0.2) is 11.5 Å². The van der Waals surface area contributed by atoms with E-state index in [0.29, 0.717) is 18.0 Å². The molecule has 2 N–H and O–H groups in total. The van der Waals surface area contributed by atoms with Gasteiger partial charge in [0, 0.05) is 18.2 Å². The van der Waals surface area contributed by atoms with Crippen molar-refractivity contribution < 1.29 is 19.7 Å². The lowest BCUT2D eigenvalue weighted by atomic mass is 9.79. The van der Waals surface area contributed by atoms with Crippen molar-refractivity contribution in [2.24, 2.45) is 0 Å². The van der Waals surface area contributed by atoms with Gasteiger partial charge in [-0.1, -0.05) is 66.7 Å². The Balaban J connectivity index is 1.73. The van der Waals surface area contributed by atoms with E-state index in [2.05, 4.69) is 4.90 Å². The molecule has 3 aromatic rings. The van der Waals surface area contributed by atoms with Crippen LogP contribution >= 0.6 is 0 Å². The van der Waals surface area contributed by atoms with Crippen LogP contribution in [0, 0.1) is 0 Å². The summed E-state index contributed by atoms with van der Waals surface area (Å²) in [6, 6.07) is 23.2. The molecule has 0 unspecified atom stereocenters. The molecule has 0 amide bonds. The number of rotatable bonds is 7. The number of aliphatic hydroxyl groups is 1. The Kier molecular flexibility index (Phi) is 6.16. The van der Waals surface area contributed by atoms with Crippen molar-refractivity contribution in [1.82, 2.24) is 4.90 Å². The van der Waals surface area contributed by atoms with E-state index in [0.717, 1.165) is 36.1 Å². The van der Waals surface area contributed by atoms with Crippen LogP contribution < -0.4 is 9.47 Å². The lowest BCUT2D eigenvalue weighted by molar-refractivity contribution is -0.00675. The van der Waals surface area contributed by atoms with E-state index in [-0.39, 0.29) is 11.8 Å². The van der Waals surface area contributed by atoms with Gasteiger partial charge in [-0.2, -0.15) is 0 Å². The maximum Gasteiger partial charge on any atom is 0.203 e. The molecule has 0 bridgehead atoms. The number of phenolic OH excluding ortho intramolecular Hbond substituents is 1. The second-order valence-corrected chi connectivity index (χ2v) is 7.94. The fourth-order valence-corrected chi connectivity index (χ4v) is 4.72. The summed E-state index contributed by atoms with van der Waals surface area (Å²) in [5, 5.41) is 23.0. The standard InChI is InChI=1S/C26H29NO4/c1-30-22-16-15-19(24(28)25(22)31-2)18-27-17-9-14-23(27)26(29,20-10-5-3-6-11-20)21-12-7-4-8-13-21/h3-8,10-13,15-16,23,28-29H,9,14,17-18H2,1-2H3/t23-/m1/s1. The highest BCUT2D eigenvalue weighted by atomic mass is 16.5. The zero-order valence-electron chi connectivity index (χ0n) is 18.0. The number of hydrogen-bond acceptors (Lipinski definition) is 5. The lowest BCUT2D eigenvalue weighted by Gasteiger charge is -2.40. The normalized spacial score (nSPS) is 16.9. The Bertz CT molecular complexity index is 967. The molecule has 1 saturated heterocycles. The van der Waals surface area contributed by atoms with Crippen LogP contribution in [0.25, 0.3) is 0 Å². The average Bonchev–Trinajstić information content (AvgIpc) is 3.29. The van der Waals surface area contributed by atoms with E-state index in [1.165, 1.54) is 7.11 Å². The van der Waals surface area contributed by atoms with Crippen LogP contribution in [0.3, 0.4) is 0 Å². The first-order valence-electron chi connectivity index (χ1n) is 10.6. The van der Waals surface area contributed by atoms with Crippen molar-refractivity contribution in [2.75, 3.05) is 20.8 Å². The van der Waals surface area contributed by atoms with Crippen molar-refractivity contribution >= 4 is 0 Å². The maximum atomic E-state index is 12.2. The minimum atomic E-state index is -1.16. The van der Waals surface area contributed by atoms with Crippen LogP contribution in [0.5, 0.6) is 17.2 Å². The zero-order chi connectivity index (χ0) is 21.8. The van der Waals surface area contributed by atoms with Crippen LogP contribution in [0.4, 0.5) is 0 Å². The van der Waals surface area contributed by atoms with Gasteiger partial charge < -0.3 is 19.7 Å². The number of likely N-dealkylation sites (tertiary alicyclic amines) is 1. The molecule has 0 spiro atoms. The van der Waals surface area contributed by atoms with Gasteiger partial charge in [0.05, 0.1) is 14.2 Å². The first kappa shape index (κ1) is 21.2. The number of aromatic hydroxyl groups is 1. The Hall–Kier alpha value is -3.02. The molecule has 1 heterocycles. The molecule has 0 radical (unpaired) electrons. The second-order valence-electron chi connectivity index (χ2n) is 7.94. The minimum absolute atomic E-state index is 0.0791. The molecule has 0 saturated carbocycles. The highest BCUT2D eigenvalue weighted by Crippen LogP contribution is 2.43. The number of phenols is 1. The third-order valence-electron chi connectivity index (χ3n) is 6.25. The molecule has 1 aliphatic rings. The molecule has 0 aromatic heterocycles. The summed E-state index contributed by atoms with van der Waals surface area (Å²) in [6.45, 7) is 1.33. The highest BCUT2D eigenvalue weighted by Gasteiger charge is 2.45. The van der Waals surface area contributed by atoms with Crippen LogP contribution in [-0.4, -0.2) is 41.9 Å². The smallest absolute Gasteiger partial charge is 0.203 e. The molecule has 5 heteroatoms. The van der Waals surface area contributed by atoms with Gasteiger partial charge in [-0.05, 0) is 36.6 Å². The van der Waals surface area contributed by atoms with Crippen molar-refractivity contribution in [3.63, 3.8) is 0 Å². The second kappa shape index (κ2) is 9.00. The van der Waals surface area contributed by atoms with E-state index < -0.39 is 5.60 Å². The predicted molar refractivity (Wildman–Crippen MR) is 121 cm³/mol. The number of ether oxygens (including phenoxy) is 2. The molecule has 31 heavy (non-hydrogen) atoms. The van der Waals surface area contributed by atoms with E-state index >= 15 is 0 Å². The number of methoxy groups -OCH3 is 2. The van der Waals surface area contributed by atoms with Crippen LogP contribution in [0.15, 0.2) is 72.8 Å². The summed E-state index contributed by atoms with van der Waals surface area (Å²) in [6.07, 6.45) is 1.83. The van der Waals surface area contributed by atoms with E-state index in [9.17, 15) is 10.2 Å². The fraction of sp³-hybridized carbons (Fsp3) is 0.308. The van der Waals surface area contributed by atoms with Crippen LogP contribution in [0.2, 0.25) is 0 Å². The minimum Gasteiger partial charge on any atom is -0.504 e. The van der Waals surface area contributed by atoms with Gasteiger partial charge in [-0.3, -0.25) is 4.90 Å². The SMILES string of the molecule is COc1ccc(CN2CCC[C@@H]2C(O)(c2ccccc2)c2ccccc2)c(O)c1OC. The van der Waals surface area contributed by atoms with E-state index in [1.807, 2.05) is 66.7 Å². The molecule has 4 rings (SSSR count). The molecule has 1 aliphatic heterocycles. The van der Waals surface area contributed by atoms with Crippen molar-refractivity contribution in [3.05, 3.63) is 89.5 Å². The number of nitrogens with zero attached hydrogens (tertiary/aromatic N) is 1. The van der Waals surface area contributed by atoms with E-state index in [1.54, 1.807) is 13.2 Å². The molecule has 1 fully saturated rings. The summed E-state index contributed by atoms with van der Waals surface area (Å²) < 4.78 is 10.7. The summed E-state index contributed by atoms with van der Waals surface area (Å²) in [5.41, 5.74) is 1.32. The average molecular weight is 420 g/mol. The first-order chi connectivity index (χ1) is 15.1. The van der Waals surface area contributed by atoms with Crippen LogP contribution in [0.1, 0.15) is 29.5 Å². The van der Waals surface area contributed by atoms with Crippen molar-refractivity contribution in [1.29, 1.82) is 0 Å². The summed E-state index contributed by atoms with van der Waals surface area (Å²) >= 11 is 0. The molecule has 5 nitrogen and oxygen atoms in total. The van der Waals surface area contributed by atoms with Crippen molar-refractivity contribution in [2.45, 2.75) is 31.0 Å². The molecule has 0 aliphatic carbocycles. The monoisotopic (exact) mass is 419 g/mol. The van der Waals surface area contributed by atoms with Gasteiger partial charge >= 0.3 is 0 Å². The Morgan fingerprint density at radius 2 is 1.52 bits per heavy atom. The van der Waals surface area contributed by atoms with Crippen LogP contribution in [-0.2, 0) is 12.1 Å². The maximum absolute atomic E-state index is 12.2. The van der Waals surface area contributed by atoms with Crippen molar-refractivity contribution in [3.8, 4) is 17.2 Å². The lowest BCUT2D eigenvalue weighted by Crippen LogP contribution is -2.48. The molecule has 162 valence electrons. The summed E-state index contributed by atoms with van der Waals surface area (Å²) in [7, 11) is 3.07. The fourth-order valence-electron chi connectivity index (χ4n) is 4.72. The number of hydrogen-bond donors (Lipinski definition) is 2. The van der Waals surface area contributed by atoms with Gasteiger partial charge in [-0.15, -0.1) is 0 Å². The van der Waals surface area contributed by atoms with Gasteiger partial charge in [-0.25, -0.2) is 0 Å². The Morgan fingerprint density at radius 1 is 0.903 bits per heavy atom. The quantitative estimate of drug-likeness (QED) is 0.598. The predicted octanol–water partition coefficient (Wildman–Crippen LogP) is 4.31. The van der Waals surface area contributed by atoms with Gasteiger partial charge in [0.2, 0.25) is 5.75 Å². The molecule has 1 atom stereocenters. The highest BCUT2D eigenvalue weighted by molar-refractivity contribution is 5.55. The third-order valence-corrected chi connectivity index (χ3v) is 6.25. The zero-order valence-corrected chi connectivity index (χ0v) is 18.0. The third kappa shape index (κ3) is 3.87. The first-order valence-corrected chi connectivity index (χ1v) is 10.6. The summed E-state index contributed by atoms with van der Waals surface area (Å²) in [4.78, 5) is 2.25. The summed E-state index contributed by atoms with van der Waals surface area (Å²) in [5.74, 6) is 0.902. The Morgan fingerprint density at radius 3 is 2.06 bits per heavy atom. The topological polar surface area (TPSA) is 62.2 Å². The molecular formula is C26H29NO4. The molecular weight excluding hydrogens is 390 g/mol. The Labute approximate surface area is 183 Å². The van der Waals surface area contributed by atoms with E-state index in [4.69, 9.17) is 9.47 Å². The number of benzene rings is 3. The molecule has 3 aromatic carbocycles. The van der Waals surface area contributed by atoms with Gasteiger partial charge in [0.25, 0.3) is 0 Å². The largest absolute Gasteiger partial charge is 0.504 e.